The summed E-state index contributed by atoms with van der Waals surface area (Å²) in [6, 6.07) is 6.23. The van der Waals surface area contributed by atoms with Crippen molar-refractivity contribution in [2.24, 2.45) is 0 Å². The third-order valence-electron chi connectivity index (χ3n) is 4.93. The van der Waals surface area contributed by atoms with Gasteiger partial charge in [-0.1, -0.05) is 12.1 Å². The lowest BCUT2D eigenvalue weighted by Gasteiger charge is -2.32. The summed E-state index contributed by atoms with van der Waals surface area (Å²) in [5.41, 5.74) is 2.38. The van der Waals surface area contributed by atoms with Crippen molar-refractivity contribution in [1.29, 1.82) is 0 Å². The Morgan fingerprint density at radius 3 is 2.27 bits per heavy atom. The lowest BCUT2D eigenvalue weighted by atomic mass is 9.79. The zero-order valence-corrected chi connectivity index (χ0v) is 14.2. The van der Waals surface area contributed by atoms with Gasteiger partial charge >= 0.3 is 14.2 Å². The van der Waals surface area contributed by atoms with E-state index in [0.717, 1.165) is 21.9 Å². The minimum absolute atomic E-state index is 0.373. The summed E-state index contributed by atoms with van der Waals surface area (Å²) in [4.78, 5) is 0. The highest BCUT2D eigenvalue weighted by molar-refractivity contribution is 6.66. The van der Waals surface area contributed by atoms with Crippen LogP contribution in [0.2, 0.25) is 6.82 Å². The summed E-state index contributed by atoms with van der Waals surface area (Å²) in [5.74, 6) is 0. The molecule has 4 nitrogen and oxygen atoms in total. The van der Waals surface area contributed by atoms with E-state index in [4.69, 9.17) is 9.31 Å². The van der Waals surface area contributed by atoms with E-state index in [-0.39, 0.29) is 11.2 Å². The van der Waals surface area contributed by atoms with Crippen LogP contribution in [0, 0.1) is 6.92 Å². The third kappa shape index (κ3) is 2.30. The van der Waals surface area contributed by atoms with Crippen molar-refractivity contribution in [3.63, 3.8) is 0 Å². The van der Waals surface area contributed by atoms with E-state index in [0.29, 0.717) is 0 Å². The third-order valence-corrected chi connectivity index (χ3v) is 4.93. The molecule has 0 saturated carbocycles. The Labute approximate surface area is 132 Å². The molecule has 0 aliphatic carbocycles. The molecule has 22 heavy (non-hydrogen) atoms. The van der Waals surface area contributed by atoms with Crippen molar-refractivity contribution in [2.45, 2.75) is 52.6 Å². The molecule has 1 fully saturated rings. The summed E-state index contributed by atoms with van der Waals surface area (Å²) in [5, 5.41) is 11.1. The summed E-state index contributed by atoms with van der Waals surface area (Å²) in [6.07, 6.45) is 1.94. The number of fused-ring (bicyclic) bond motifs is 1. The zero-order chi connectivity index (χ0) is 16.3. The molecule has 3 rings (SSSR count). The first-order valence-corrected chi connectivity index (χ1v) is 7.77. The van der Waals surface area contributed by atoms with E-state index < -0.39 is 14.2 Å². The number of hydrogen-bond acceptors (Lipinski definition) is 3. The highest BCUT2D eigenvalue weighted by Crippen LogP contribution is 2.37. The molecule has 1 aromatic carbocycles. The van der Waals surface area contributed by atoms with Gasteiger partial charge in [-0.25, -0.2) is 0 Å². The van der Waals surface area contributed by atoms with Crippen molar-refractivity contribution >= 4 is 30.5 Å². The fourth-order valence-electron chi connectivity index (χ4n) is 2.86. The second-order valence-electron chi connectivity index (χ2n) is 7.23. The van der Waals surface area contributed by atoms with Crippen LogP contribution >= 0.6 is 0 Å². The Balaban J connectivity index is 2.13. The minimum atomic E-state index is -0.597. The SMILES string of the molecule is CB(O)n1cc(B2OC(C)(C)C(C)(C)O2)c2ccc(C)cc21. The Hall–Kier alpha value is -1.23. The number of nitrogens with zero attached hydrogens (tertiary/aromatic N) is 1. The van der Waals surface area contributed by atoms with Crippen LogP contribution in [0.5, 0.6) is 0 Å². The van der Waals surface area contributed by atoms with Gasteiger partial charge in [0.25, 0.3) is 0 Å². The quantitative estimate of drug-likeness (QED) is 0.865. The monoisotopic (exact) mass is 299 g/mol. The summed E-state index contributed by atoms with van der Waals surface area (Å²) >= 11 is 0. The Morgan fingerprint density at radius 2 is 1.73 bits per heavy atom. The fraction of sp³-hybridized carbons (Fsp3) is 0.500. The lowest BCUT2D eigenvalue weighted by Crippen LogP contribution is -2.41. The zero-order valence-electron chi connectivity index (χ0n) is 14.2. The van der Waals surface area contributed by atoms with Crippen LogP contribution < -0.4 is 5.46 Å². The largest absolute Gasteiger partial charge is 0.496 e. The van der Waals surface area contributed by atoms with Gasteiger partial charge in [0, 0.05) is 11.0 Å². The van der Waals surface area contributed by atoms with E-state index in [1.165, 1.54) is 0 Å². The summed E-state index contributed by atoms with van der Waals surface area (Å²) in [7, 11) is -1.02. The van der Waals surface area contributed by atoms with Gasteiger partial charge < -0.3 is 18.8 Å². The first kappa shape index (κ1) is 15.7. The second-order valence-corrected chi connectivity index (χ2v) is 7.23. The molecule has 2 heterocycles. The Morgan fingerprint density at radius 1 is 1.14 bits per heavy atom. The maximum absolute atomic E-state index is 10.1. The smallest absolute Gasteiger partial charge is 0.432 e. The summed E-state index contributed by atoms with van der Waals surface area (Å²) < 4.78 is 14.2. The van der Waals surface area contributed by atoms with Crippen molar-refractivity contribution < 1.29 is 14.3 Å². The maximum Gasteiger partial charge on any atom is 0.496 e. The van der Waals surface area contributed by atoms with Gasteiger partial charge in [-0.3, -0.25) is 0 Å². The highest BCUT2D eigenvalue weighted by Gasteiger charge is 2.52. The topological polar surface area (TPSA) is 43.6 Å². The maximum atomic E-state index is 10.1. The predicted molar refractivity (Wildman–Crippen MR) is 91.6 cm³/mol. The van der Waals surface area contributed by atoms with Crippen LogP contribution in [-0.2, 0) is 9.31 Å². The van der Waals surface area contributed by atoms with E-state index in [9.17, 15) is 5.02 Å². The van der Waals surface area contributed by atoms with Crippen LogP contribution in [-0.4, -0.2) is 34.9 Å². The van der Waals surface area contributed by atoms with Gasteiger partial charge in [-0.15, -0.1) is 0 Å². The molecule has 2 aromatic rings. The number of hydrogen-bond donors (Lipinski definition) is 1. The van der Waals surface area contributed by atoms with Crippen molar-refractivity contribution in [1.82, 2.24) is 4.48 Å². The molecule has 1 aliphatic rings. The van der Waals surface area contributed by atoms with E-state index in [2.05, 4.69) is 18.2 Å². The number of aryl methyl sites for hydroxylation is 1. The van der Waals surface area contributed by atoms with Crippen LogP contribution in [0.4, 0.5) is 0 Å². The molecule has 1 saturated heterocycles. The molecular formula is C16H23B2NO3. The van der Waals surface area contributed by atoms with Crippen LogP contribution in [0.15, 0.2) is 24.4 Å². The van der Waals surface area contributed by atoms with Crippen molar-refractivity contribution in [3.8, 4) is 0 Å². The average Bonchev–Trinajstić information content (AvgIpc) is 2.84. The summed E-state index contributed by atoms with van der Waals surface area (Å²) in [6.45, 7) is 12.0. The highest BCUT2D eigenvalue weighted by atomic mass is 16.7. The van der Waals surface area contributed by atoms with Gasteiger partial charge in [0.2, 0.25) is 0 Å². The lowest BCUT2D eigenvalue weighted by molar-refractivity contribution is 0.00578. The normalized spacial score (nSPS) is 19.9. The number of benzene rings is 1. The van der Waals surface area contributed by atoms with E-state index in [1.54, 1.807) is 6.82 Å². The van der Waals surface area contributed by atoms with Crippen molar-refractivity contribution in [3.05, 3.63) is 30.0 Å². The van der Waals surface area contributed by atoms with Crippen molar-refractivity contribution in [2.75, 3.05) is 0 Å². The number of aromatic nitrogens is 1. The Bertz CT molecular complexity index is 705. The standard InChI is InChI=1S/C16H23B2NO3/c1-11-7-8-12-13(10-19(17(6)20)14(12)9-11)18-21-15(2,3)16(4,5)22-18/h7-10,20H,1-6H3. The molecule has 0 radical (unpaired) electrons. The molecule has 0 amide bonds. The molecule has 0 unspecified atom stereocenters. The molecule has 6 heteroatoms. The van der Waals surface area contributed by atoms with E-state index >= 15 is 0 Å². The Kier molecular flexibility index (Phi) is 3.47. The number of rotatable bonds is 2. The fourth-order valence-corrected chi connectivity index (χ4v) is 2.86. The first-order chi connectivity index (χ1) is 10.1. The molecule has 0 bridgehead atoms. The van der Waals surface area contributed by atoms with Crippen LogP contribution in [0.3, 0.4) is 0 Å². The van der Waals surface area contributed by atoms with Crippen LogP contribution in [0.25, 0.3) is 10.9 Å². The predicted octanol–water partition coefficient (Wildman–Crippen LogP) is 2.21. The van der Waals surface area contributed by atoms with Gasteiger partial charge in [-0.2, -0.15) is 0 Å². The minimum Gasteiger partial charge on any atom is -0.432 e. The molecule has 116 valence electrons. The van der Waals surface area contributed by atoms with Gasteiger partial charge in [0.15, 0.2) is 0 Å². The molecule has 1 N–H and O–H groups in total. The van der Waals surface area contributed by atoms with Gasteiger partial charge in [-0.05, 0) is 64.7 Å². The molecule has 1 aliphatic heterocycles. The molecule has 0 spiro atoms. The van der Waals surface area contributed by atoms with Gasteiger partial charge in [0.1, 0.15) is 0 Å². The van der Waals surface area contributed by atoms with Gasteiger partial charge in [0.05, 0.1) is 11.2 Å². The first-order valence-electron chi connectivity index (χ1n) is 7.77. The second kappa shape index (κ2) is 4.88. The molecular weight excluding hydrogens is 276 g/mol. The molecule has 1 aromatic heterocycles. The average molecular weight is 299 g/mol. The van der Waals surface area contributed by atoms with Crippen LogP contribution in [0.1, 0.15) is 33.3 Å². The van der Waals surface area contributed by atoms with E-state index in [1.807, 2.05) is 45.3 Å². The molecule has 0 atom stereocenters.